The van der Waals surface area contributed by atoms with Crippen molar-refractivity contribution in [1.82, 2.24) is 5.32 Å². The van der Waals surface area contributed by atoms with Crippen molar-refractivity contribution in [3.63, 3.8) is 0 Å². The van der Waals surface area contributed by atoms with Crippen LogP contribution < -0.4 is 5.32 Å². The minimum Gasteiger partial charge on any atom is -0.469 e. The van der Waals surface area contributed by atoms with Gasteiger partial charge >= 0.3 is 11.9 Å². The van der Waals surface area contributed by atoms with Gasteiger partial charge < -0.3 is 14.8 Å². The van der Waals surface area contributed by atoms with E-state index in [-0.39, 0.29) is 87.5 Å². The first-order chi connectivity index (χ1) is 23.7. The molecule has 0 saturated heterocycles. The van der Waals surface area contributed by atoms with Gasteiger partial charge in [-0.1, -0.05) is 77.4 Å². The lowest BCUT2D eigenvalue weighted by atomic mass is 9.33. The first kappa shape index (κ1) is 37.8. The van der Waals surface area contributed by atoms with Crippen molar-refractivity contribution in [1.29, 1.82) is 0 Å². The molecule has 0 aliphatic heterocycles. The normalized spacial score (nSPS) is 40.0. The van der Waals surface area contributed by atoms with E-state index in [0.29, 0.717) is 6.42 Å². The summed E-state index contributed by atoms with van der Waals surface area (Å²) in [5.41, 5.74) is 0.0282. The maximum Gasteiger partial charge on any atom is 0.312 e. The fourth-order valence-electron chi connectivity index (χ4n) is 12.5. The summed E-state index contributed by atoms with van der Waals surface area (Å²) in [5, 5.41) is 3.33. The number of fused-ring (bicyclic) bond motifs is 7. The van der Waals surface area contributed by atoms with Crippen molar-refractivity contribution < 1.29 is 28.7 Å². The van der Waals surface area contributed by atoms with Crippen molar-refractivity contribution >= 4 is 23.6 Å². The van der Waals surface area contributed by atoms with Crippen LogP contribution in [0.4, 0.5) is 0 Å². The van der Waals surface area contributed by atoms with E-state index in [0.717, 1.165) is 56.9 Å². The van der Waals surface area contributed by atoms with E-state index in [1.807, 2.05) is 30.3 Å². The molecule has 1 aromatic carbocycles. The number of esters is 2. The highest BCUT2D eigenvalue weighted by Crippen LogP contribution is 2.75. The summed E-state index contributed by atoms with van der Waals surface area (Å²) in [6.45, 7) is 20.0. The molecule has 0 aromatic heterocycles. The van der Waals surface area contributed by atoms with Gasteiger partial charge in [-0.3, -0.25) is 19.2 Å². The van der Waals surface area contributed by atoms with Gasteiger partial charge in [0, 0.05) is 18.4 Å². The summed E-state index contributed by atoms with van der Waals surface area (Å²) in [6, 6.07) is 9.84. The number of rotatable bonds is 7. The number of carbonyl (C=O) groups excluding carboxylic acids is 4. The highest BCUT2D eigenvalue weighted by atomic mass is 16.5. The van der Waals surface area contributed by atoms with Crippen LogP contribution in [0.1, 0.15) is 132 Å². The van der Waals surface area contributed by atoms with E-state index in [1.54, 1.807) is 13.8 Å². The van der Waals surface area contributed by atoms with Gasteiger partial charge in [-0.05, 0) is 129 Å². The zero-order valence-electron chi connectivity index (χ0n) is 33.0. The summed E-state index contributed by atoms with van der Waals surface area (Å²) in [6.07, 6.45) is 10.4. The molecule has 0 bridgehead atoms. The average Bonchev–Trinajstić information content (AvgIpc) is 3.06. The molecule has 6 rings (SSSR count). The Bertz CT molecular complexity index is 1610. The highest BCUT2D eigenvalue weighted by molar-refractivity contribution is 5.96. The molecule has 280 valence electrons. The summed E-state index contributed by atoms with van der Waals surface area (Å²) < 4.78 is 10.9. The first-order valence-electron chi connectivity index (χ1n) is 19.5. The second kappa shape index (κ2) is 12.6. The van der Waals surface area contributed by atoms with E-state index in [2.05, 4.69) is 59.9 Å². The monoisotopic (exact) mass is 701 g/mol. The summed E-state index contributed by atoms with van der Waals surface area (Å²) >= 11 is 0. The van der Waals surface area contributed by atoms with E-state index in [9.17, 15) is 19.2 Å². The van der Waals surface area contributed by atoms with Crippen LogP contribution in [-0.2, 0) is 35.3 Å². The largest absolute Gasteiger partial charge is 0.469 e. The fraction of sp³-hybridized carbons (Fsp3) is 0.727. The number of ether oxygens (including phenoxy) is 2. The minimum atomic E-state index is -0.902. The number of benzene rings is 1. The number of ketones is 1. The van der Waals surface area contributed by atoms with Gasteiger partial charge in [0.25, 0.3) is 0 Å². The quantitative estimate of drug-likeness (QED) is 0.286. The highest BCUT2D eigenvalue weighted by Gasteiger charge is 2.70. The Labute approximate surface area is 306 Å². The number of methoxy groups -OCH3 is 1. The molecule has 7 heteroatoms. The molecular weight excluding hydrogens is 638 g/mol. The molecular formula is C44H63NO6. The van der Waals surface area contributed by atoms with Crippen LogP contribution in [0.5, 0.6) is 0 Å². The lowest BCUT2D eigenvalue weighted by molar-refractivity contribution is -0.190. The Morgan fingerprint density at radius 2 is 1.55 bits per heavy atom. The van der Waals surface area contributed by atoms with Crippen LogP contribution in [0.15, 0.2) is 42.0 Å². The zero-order valence-corrected chi connectivity index (χ0v) is 33.0. The molecule has 4 fully saturated rings. The topological polar surface area (TPSA) is 98.8 Å². The molecule has 0 radical (unpaired) electrons. The van der Waals surface area contributed by atoms with Crippen molar-refractivity contribution in [2.75, 3.05) is 7.11 Å². The van der Waals surface area contributed by atoms with Gasteiger partial charge in [-0.2, -0.15) is 0 Å². The van der Waals surface area contributed by atoms with Gasteiger partial charge in [0.15, 0.2) is 5.78 Å². The Kier molecular flexibility index (Phi) is 9.32. The van der Waals surface area contributed by atoms with Crippen molar-refractivity contribution in [3.8, 4) is 0 Å². The second-order valence-corrected chi connectivity index (χ2v) is 19.8. The Hall–Kier alpha value is -2.96. The molecule has 5 aliphatic rings. The Balaban J connectivity index is 1.26. The maximum atomic E-state index is 14.9. The summed E-state index contributed by atoms with van der Waals surface area (Å²) in [4.78, 5) is 54.3. The number of amides is 1. The third-order valence-corrected chi connectivity index (χ3v) is 16.0. The van der Waals surface area contributed by atoms with E-state index in [1.165, 1.54) is 12.7 Å². The van der Waals surface area contributed by atoms with Crippen LogP contribution in [0.25, 0.3) is 0 Å². The number of hydrogen-bond acceptors (Lipinski definition) is 6. The molecule has 51 heavy (non-hydrogen) atoms. The number of hydrogen-bond donors (Lipinski definition) is 1. The third-order valence-electron chi connectivity index (χ3n) is 16.0. The lowest BCUT2D eigenvalue weighted by Crippen LogP contribution is -2.67. The summed E-state index contributed by atoms with van der Waals surface area (Å²) in [7, 11) is 1.36. The predicted octanol–water partition coefficient (Wildman–Crippen LogP) is 8.78. The van der Waals surface area contributed by atoms with Crippen molar-refractivity contribution in [2.45, 2.75) is 139 Å². The SMILES string of the molecule is COC(=O)C(C)(C)CC(=O)N[C@H]1CC[C@]2(C)C3C(=O)C=C4[C@@H]5C[C@@](C)(C(=O)OCc6ccccc6)CC[C@]5(C)CC[C@@]4(C)[C@]3(C)CC[C@H]2C1(C)C. The van der Waals surface area contributed by atoms with Gasteiger partial charge in [0.1, 0.15) is 6.61 Å². The molecule has 0 heterocycles. The van der Waals surface area contributed by atoms with Crippen LogP contribution in [0.2, 0.25) is 0 Å². The average molecular weight is 702 g/mol. The number of allylic oxidation sites excluding steroid dienone is 2. The molecule has 7 nitrogen and oxygen atoms in total. The minimum absolute atomic E-state index is 0.0433. The zero-order chi connectivity index (χ0) is 37.4. The standard InChI is InChI=1S/C44H63NO6/c1-38(2,36(48)50-10)26-34(47)45-33-17-18-42(7)32(39(33,3)4)16-19-44(9)35(42)31(46)24-29-30-25-41(6,21-20-40(30,5)22-23-43(29,44)8)37(49)51-27-28-14-12-11-13-15-28/h11-15,24,30,32-33,35H,16-23,25-27H2,1-10H3,(H,45,47)/t30-,32-,33-,35?,40+,41-,42-,43+,44+/m0/s1. The van der Waals surface area contributed by atoms with E-state index >= 15 is 0 Å². The molecule has 5 aliphatic carbocycles. The molecule has 0 spiro atoms. The molecule has 4 saturated carbocycles. The van der Waals surface area contributed by atoms with Gasteiger partial charge in [-0.25, -0.2) is 0 Å². The van der Waals surface area contributed by atoms with Crippen LogP contribution in [0.3, 0.4) is 0 Å². The Morgan fingerprint density at radius 3 is 2.22 bits per heavy atom. The molecule has 1 aromatic rings. The smallest absolute Gasteiger partial charge is 0.312 e. The van der Waals surface area contributed by atoms with Crippen molar-refractivity contribution in [3.05, 3.63) is 47.5 Å². The van der Waals surface area contributed by atoms with Gasteiger partial charge in [0.05, 0.1) is 17.9 Å². The summed E-state index contributed by atoms with van der Waals surface area (Å²) in [5.74, 6) is -0.0797. The number of carbonyl (C=O) groups is 4. The van der Waals surface area contributed by atoms with Crippen LogP contribution in [0, 0.1) is 55.7 Å². The fourth-order valence-corrected chi connectivity index (χ4v) is 12.5. The van der Waals surface area contributed by atoms with Crippen molar-refractivity contribution in [2.24, 2.45) is 55.7 Å². The van der Waals surface area contributed by atoms with E-state index in [4.69, 9.17) is 9.47 Å². The molecule has 9 atom stereocenters. The molecule has 1 N–H and O–H groups in total. The molecule has 1 amide bonds. The van der Waals surface area contributed by atoms with Crippen LogP contribution >= 0.6 is 0 Å². The Morgan fingerprint density at radius 1 is 0.882 bits per heavy atom. The second-order valence-electron chi connectivity index (χ2n) is 19.8. The van der Waals surface area contributed by atoms with Gasteiger partial charge in [-0.15, -0.1) is 0 Å². The third kappa shape index (κ3) is 5.91. The number of nitrogens with one attached hydrogen (secondary N) is 1. The van der Waals surface area contributed by atoms with Crippen LogP contribution in [-0.4, -0.2) is 36.8 Å². The first-order valence-corrected chi connectivity index (χ1v) is 19.5. The predicted molar refractivity (Wildman–Crippen MR) is 198 cm³/mol. The van der Waals surface area contributed by atoms with E-state index < -0.39 is 10.8 Å². The molecule has 1 unspecified atom stereocenters. The maximum absolute atomic E-state index is 14.9. The van der Waals surface area contributed by atoms with Gasteiger partial charge in [0.2, 0.25) is 5.91 Å². The lowest BCUT2D eigenvalue weighted by Gasteiger charge is -2.70.